The number of rotatable bonds is 5. The van der Waals surface area contributed by atoms with Crippen LogP contribution >= 0.6 is 0 Å². The number of hydrogen-bond acceptors (Lipinski definition) is 4. The third-order valence-corrected chi connectivity index (χ3v) is 3.06. The van der Waals surface area contributed by atoms with Crippen LogP contribution in [0.4, 0.5) is 0 Å². The van der Waals surface area contributed by atoms with E-state index in [1.54, 1.807) is 0 Å². The molecule has 0 amide bonds. The van der Waals surface area contributed by atoms with E-state index in [9.17, 15) is 4.79 Å². The molecule has 1 rings (SSSR count). The Bertz CT molecular complexity index is 211. The normalized spacial score (nSPS) is 28.7. The van der Waals surface area contributed by atoms with Gasteiger partial charge in [-0.05, 0) is 18.8 Å². The van der Waals surface area contributed by atoms with Crippen molar-refractivity contribution in [1.29, 1.82) is 0 Å². The smallest absolute Gasteiger partial charge is 0.321 e. The Morgan fingerprint density at radius 3 is 2.73 bits per heavy atom. The minimum absolute atomic E-state index is 0.167. The van der Waals surface area contributed by atoms with E-state index in [0.29, 0.717) is 0 Å². The van der Waals surface area contributed by atoms with Gasteiger partial charge in [-0.1, -0.05) is 12.8 Å². The third-order valence-electron chi connectivity index (χ3n) is 3.06. The molecule has 3 atom stereocenters. The Morgan fingerprint density at radius 2 is 2.13 bits per heavy atom. The van der Waals surface area contributed by atoms with Crippen LogP contribution in [0.25, 0.3) is 0 Å². The lowest BCUT2D eigenvalue weighted by atomic mass is 9.85. The molecular formula is C10H20N2O3. The van der Waals surface area contributed by atoms with Crippen LogP contribution in [0.2, 0.25) is 0 Å². The monoisotopic (exact) mass is 216 g/mol. The maximum atomic E-state index is 10.5. The topological polar surface area (TPSA) is 95.6 Å². The summed E-state index contributed by atoms with van der Waals surface area (Å²) in [5.74, 6) is -0.737. The van der Waals surface area contributed by atoms with E-state index in [2.05, 4.69) is 5.32 Å². The van der Waals surface area contributed by atoms with Gasteiger partial charge in [0.25, 0.3) is 0 Å². The maximum Gasteiger partial charge on any atom is 0.321 e. The summed E-state index contributed by atoms with van der Waals surface area (Å²) in [5, 5.41) is 20.9. The number of carboxylic acid groups (broad SMARTS) is 1. The van der Waals surface area contributed by atoms with Crippen molar-refractivity contribution < 1.29 is 15.0 Å². The molecule has 1 aliphatic carbocycles. The Balaban J connectivity index is 2.32. The van der Waals surface area contributed by atoms with Crippen molar-refractivity contribution in [2.24, 2.45) is 11.7 Å². The van der Waals surface area contributed by atoms with Crippen LogP contribution in [-0.4, -0.2) is 41.4 Å². The number of aliphatic carboxylic acids is 1. The van der Waals surface area contributed by atoms with Crippen molar-refractivity contribution in [1.82, 2.24) is 5.32 Å². The van der Waals surface area contributed by atoms with E-state index in [-0.39, 0.29) is 25.1 Å². The molecule has 88 valence electrons. The largest absolute Gasteiger partial charge is 0.480 e. The lowest BCUT2D eigenvalue weighted by Gasteiger charge is -2.31. The van der Waals surface area contributed by atoms with Gasteiger partial charge < -0.3 is 21.3 Å². The second-order valence-corrected chi connectivity index (χ2v) is 4.19. The maximum absolute atomic E-state index is 10.5. The summed E-state index contributed by atoms with van der Waals surface area (Å²) >= 11 is 0. The van der Waals surface area contributed by atoms with Gasteiger partial charge in [0.2, 0.25) is 0 Å². The van der Waals surface area contributed by atoms with E-state index >= 15 is 0 Å². The minimum Gasteiger partial charge on any atom is -0.480 e. The number of aliphatic hydroxyl groups is 1. The van der Waals surface area contributed by atoms with Crippen molar-refractivity contribution in [3.8, 4) is 0 Å². The summed E-state index contributed by atoms with van der Waals surface area (Å²) in [6.07, 6.45) is 4.29. The fourth-order valence-corrected chi connectivity index (χ4v) is 2.06. The Morgan fingerprint density at radius 1 is 1.47 bits per heavy atom. The van der Waals surface area contributed by atoms with Gasteiger partial charge in [0.05, 0.1) is 0 Å². The van der Waals surface area contributed by atoms with Crippen molar-refractivity contribution in [2.45, 2.75) is 37.8 Å². The first-order chi connectivity index (χ1) is 7.15. The number of carboxylic acids is 1. The summed E-state index contributed by atoms with van der Waals surface area (Å²) in [6.45, 7) is 0.441. The Hall–Kier alpha value is -0.650. The van der Waals surface area contributed by atoms with E-state index in [1.165, 1.54) is 0 Å². The molecule has 0 radical (unpaired) electrons. The average Bonchev–Trinajstić information content (AvgIpc) is 2.26. The first-order valence-electron chi connectivity index (χ1n) is 5.47. The molecule has 3 unspecified atom stereocenters. The number of aliphatic hydroxyl groups excluding tert-OH is 1. The van der Waals surface area contributed by atoms with E-state index in [1.807, 2.05) is 0 Å². The lowest BCUT2D eigenvalue weighted by Crippen LogP contribution is -2.48. The van der Waals surface area contributed by atoms with Gasteiger partial charge in [-0.3, -0.25) is 4.79 Å². The first kappa shape index (κ1) is 12.4. The predicted molar refractivity (Wildman–Crippen MR) is 56.4 cm³/mol. The van der Waals surface area contributed by atoms with Crippen molar-refractivity contribution in [2.75, 3.05) is 13.2 Å². The van der Waals surface area contributed by atoms with Crippen LogP contribution in [0.15, 0.2) is 0 Å². The summed E-state index contributed by atoms with van der Waals surface area (Å²) in [5.41, 5.74) is 5.40. The van der Waals surface area contributed by atoms with Gasteiger partial charge in [0.15, 0.2) is 0 Å². The van der Waals surface area contributed by atoms with Crippen LogP contribution in [0.1, 0.15) is 25.7 Å². The molecule has 0 aromatic rings. The zero-order chi connectivity index (χ0) is 11.3. The fraction of sp³-hybridized carbons (Fsp3) is 0.900. The highest BCUT2D eigenvalue weighted by atomic mass is 16.4. The number of hydrogen-bond donors (Lipinski definition) is 4. The van der Waals surface area contributed by atoms with Crippen LogP contribution in [0.3, 0.4) is 0 Å². The van der Waals surface area contributed by atoms with Gasteiger partial charge in [0, 0.05) is 19.2 Å². The van der Waals surface area contributed by atoms with E-state index < -0.39 is 12.0 Å². The molecule has 0 bridgehead atoms. The van der Waals surface area contributed by atoms with E-state index in [4.69, 9.17) is 15.9 Å². The van der Waals surface area contributed by atoms with E-state index in [0.717, 1.165) is 25.7 Å². The van der Waals surface area contributed by atoms with Crippen LogP contribution < -0.4 is 11.1 Å². The zero-order valence-corrected chi connectivity index (χ0v) is 8.85. The Kier molecular flexibility index (Phi) is 5.01. The highest BCUT2D eigenvalue weighted by Crippen LogP contribution is 2.23. The first-order valence-corrected chi connectivity index (χ1v) is 5.47. The average molecular weight is 216 g/mol. The molecular weight excluding hydrogens is 196 g/mol. The highest BCUT2D eigenvalue weighted by Gasteiger charge is 2.25. The molecule has 0 aromatic heterocycles. The summed E-state index contributed by atoms with van der Waals surface area (Å²) < 4.78 is 0. The molecule has 0 spiro atoms. The number of nitrogens with one attached hydrogen (secondary N) is 1. The van der Waals surface area contributed by atoms with Crippen LogP contribution in [0.5, 0.6) is 0 Å². The molecule has 1 saturated carbocycles. The standard InChI is InChI=1S/C10H20N2O3/c11-8(10(14)15)5-12-9-4-2-1-3-7(9)6-13/h7-9,12-13H,1-6,11H2,(H,14,15). The highest BCUT2D eigenvalue weighted by molar-refractivity contribution is 5.73. The Labute approximate surface area is 89.7 Å². The van der Waals surface area contributed by atoms with Crippen LogP contribution in [-0.2, 0) is 4.79 Å². The molecule has 0 heterocycles. The second kappa shape index (κ2) is 6.05. The molecule has 5 heteroatoms. The SMILES string of the molecule is NC(CNC1CCCCC1CO)C(=O)O. The minimum atomic E-state index is -0.987. The van der Waals surface area contributed by atoms with Crippen molar-refractivity contribution >= 4 is 5.97 Å². The van der Waals surface area contributed by atoms with Gasteiger partial charge >= 0.3 is 5.97 Å². The van der Waals surface area contributed by atoms with Gasteiger partial charge in [0.1, 0.15) is 6.04 Å². The molecule has 5 N–H and O–H groups in total. The number of nitrogens with two attached hydrogens (primary N) is 1. The summed E-state index contributed by atoms with van der Waals surface area (Å²) in [6, 6.07) is -0.639. The van der Waals surface area contributed by atoms with Crippen molar-refractivity contribution in [3.63, 3.8) is 0 Å². The second-order valence-electron chi connectivity index (χ2n) is 4.19. The molecule has 1 fully saturated rings. The van der Waals surface area contributed by atoms with Gasteiger partial charge in [-0.2, -0.15) is 0 Å². The summed E-state index contributed by atoms with van der Waals surface area (Å²) in [7, 11) is 0. The fourth-order valence-electron chi connectivity index (χ4n) is 2.06. The van der Waals surface area contributed by atoms with Crippen LogP contribution in [0, 0.1) is 5.92 Å². The third kappa shape index (κ3) is 3.77. The number of carbonyl (C=O) groups is 1. The predicted octanol–water partition coefficient (Wildman–Crippen LogP) is -0.461. The molecule has 0 saturated heterocycles. The molecule has 5 nitrogen and oxygen atoms in total. The molecule has 15 heavy (non-hydrogen) atoms. The lowest BCUT2D eigenvalue weighted by molar-refractivity contribution is -0.138. The van der Waals surface area contributed by atoms with Crippen molar-refractivity contribution in [3.05, 3.63) is 0 Å². The molecule has 1 aliphatic rings. The quantitative estimate of drug-likeness (QED) is 0.499. The molecule has 0 aliphatic heterocycles. The van der Waals surface area contributed by atoms with Gasteiger partial charge in [-0.25, -0.2) is 0 Å². The summed E-state index contributed by atoms with van der Waals surface area (Å²) in [4.78, 5) is 10.5. The molecule has 0 aromatic carbocycles. The zero-order valence-electron chi connectivity index (χ0n) is 8.85. The van der Waals surface area contributed by atoms with Gasteiger partial charge in [-0.15, -0.1) is 0 Å².